The van der Waals surface area contributed by atoms with E-state index in [1.54, 1.807) is 18.2 Å². The van der Waals surface area contributed by atoms with Crippen molar-refractivity contribution in [2.45, 2.75) is 64.4 Å². The molecule has 1 atom stereocenters. The fourth-order valence-electron chi connectivity index (χ4n) is 4.18. The van der Waals surface area contributed by atoms with Crippen LogP contribution in [0.25, 0.3) is 10.9 Å². The first-order chi connectivity index (χ1) is 16.4. The van der Waals surface area contributed by atoms with Gasteiger partial charge in [-0.05, 0) is 56.5 Å². The number of nitro benzene ring substituents is 1. The fraction of sp³-hybridized carbons (Fsp3) is 0.400. The highest BCUT2D eigenvalue weighted by Crippen LogP contribution is 2.32. The lowest BCUT2D eigenvalue weighted by molar-refractivity contribution is -0.386. The van der Waals surface area contributed by atoms with Crippen LogP contribution in [-0.2, 0) is 0 Å². The molecule has 3 aromatic rings. The minimum atomic E-state index is -0.468. The first-order valence-corrected chi connectivity index (χ1v) is 12.4. The van der Waals surface area contributed by atoms with Crippen molar-refractivity contribution in [2.75, 3.05) is 0 Å². The Bertz CT molecular complexity index is 1300. The highest BCUT2D eigenvalue weighted by Gasteiger charge is 2.23. The molecule has 1 saturated carbocycles. The molecule has 0 spiro atoms. The number of ether oxygens (including phenoxy) is 1. The molecule has 1 aliphatic carbocycles. The molecule has 0 unspecified atom stereocenters. The van der Waals surface area contributed by atoms with Gasteiger partial charge in [0.25, 0.3) is 5.56 Å². The van der Waals surface area contributed by atoms with Crippen LogP contribution in [0, 0.1) is 10.1 Å². The molecule has 0 bridgehead atoms. The smallest absolute Gasteiger partial charge is 0.311 e. The van der Waals surface area contributed by atoms with Crippen molar-refractivity contribution in [1.82, 2.24) is 9.66 Å². The zero-order chi connectivity index (χ0) is 24.2. The zero-order valence-corrected chi connectivity index (χ0v) is 20.8. The van der Waals surface area contributed by atoms with Gasteiger partial charge in [0.1, 0.15) is 5.82 Å². The second-order valence-corrected chi connectivity index (χ2v) is 9.56. The minimum absolute atomic E-state index is 0.135. The molecule has 4 rings (SSSR count). The molecule has 34 heavy (non-hydrogen) atoms. The summed E-state index contributed by atoms with van der Waals surface area (Å²) in [7, 11) is 0. The van der Waals surface area contributed by atoms with Gasteiger partial charge < -0.3 is 4.74 Å². The van der Waals surface area contributed by atoms with Gasteiger partial charge in [-0.2, -0.15) is 9.78 Å². The van der Waals surface area contributed by atoms with Gasteiger partial charge >= 0.3 is 5.69 Å². The van der Waals surface area contributed by atoms with Gasteiger partial charge in [0.15, 0.2) is 5.75 Å². The van der Waals surface area contributed by atoms with E-state index in [9.17, 15) is 14.9 Å². The summed E-state index contributed by atoms with van der Waals surface area (Å²) in [6, 6.07) is 10.1. The monoisotopic (exact) mass is 526 g/mol. The molecule has 0 saturated heterocycles. The van der Waals surface area contributed by atoms with Gasteiger partial charge in [-0.15, -0.1) is 0 Å². The van der Waals surface area contributed by atoms with E-state index in [1.807, 2.05) is 26.0 Å². The minimum Gasteiger partial charge on any atom is -0.484 e. The van der Waals surface area contributed by atoms with Gasteiger partial charge in [-0.25, -0.2) is 4.98 Å². The van der Waals surface area contributed by atoms with Gasteiger partial charge in [0.2, 0.25) is 0 Å². The average molecular weight is 527 g/mol. The molecular weight excluding hydrogens is 500 g/mol. The van der Waals surface area contributed by atoms with E-state index in [-0.39, 0.29) is 29.0 Å². The van der Waals surface area contributed by atoms with Crippen LogP contribution in [0.3, 0.4) is 0 Å². The van der Waals surface area contributed by atoms with Crippen LogP contribution in [0.5, 0.6) is 5.75 Å². The Hall–Kier alpha value is -3.07. The molecule has 2 aromatic carbocycles. The van der Waals surface area contributed by atoms with Crippen molar-refractivity contribution in [3.05, 3.63) is 72.7 Å². The number of fused-ring (bicyclic) bond motifs is 1. The number of hydrogen-bond donors (Lipinski definition) is 0. The van der Waals surface area contributed by atoms with Crippen LogP contribution < -0.4 is 10.3 Å². The lowest BCUT2D eigenvalue weighted by Crippen LogP contribution is -2.25. The van der Waals surface area contributed by atoms with Crippen LogP contribution in [0.1, 0.15) is 69.7 Å². The van der Waals surface area contributed by atoms with E-state index in [0.29, 0.717) is 22.3 Å². The Morgan fingerprint density at radius 1 is 1.26 bits per heavy atom. The van der Waals surface area contributed by atoms with Gasteiger partial charge in [0.05, 0.1) is 28.1 Å². The topological polar surface area (TPSA) is 99.6 Å². The quantitative estimate of drug-likeness (QED) is 0.208. The third-order valence-electron chi connectivity index (χ3n) is 6.21. The van der Waals surface area contributed by atoms with Crippen molar-refractivity contribution < 1.29 is 9.66 Å². The Labute approximate surface area is 205 Å². The molecule has 0 aliphatic heterocycles. The van der Waals surface area contributed by atoms with E-state index in [2.05, 4.69) is 21.0 Å². The summed E-state index contributed by atoms with van der Waals surface area (Å²) in [4.78, 5) is 29.4. The Balaban J connectivity index is 1.78. The number of aromatic nitrogens is 2. The second-order valence-electron chi connectivity index (χ2n) is 8.65. The lowest BCUT2D eigenvalue weighted by Gasteiger charge is -2.22. The summed E-state index contributed by atoms with van der Waals surface area (Å²) >= 11 is 3.42. The van der Waals surface area contributed by atoms with E-state index < -0.39 is 4.92 Å². The number of nitrogens with zero attached hydrogens (tertiary/aromatic N) is 4. The van der Waals surface area contributed by atoms with Gasteiger partial charge in [-0.3, -0.25) is 14.9 Å². The lowest BCUT2D eigenvalue weighted by atomic mass is 9.88. The molecule has 178 valence electrons. The molecular formula is C25H27BrN4O4. The van der Waals surface area contributed by atoms with Crippen LogP contribution in [0.4, 0.5) is 5.69 Å². The highest BCUT2D eigenvalue weighted by molar-refractivity contribution is 9.10. The van der Waals surface area contributed by atoms with Crippen LogP contribution in [0.2, 0.25) is 0 Å². The predicted molar refractivity (Wildman–Crippen MR) is 136 cm³/mol. The summed E-state index contributed by atoms with van der Waals surface area (Å²) in [6.07, 6.45) is 7.34. The van der Waals surface area contributed by atoms with Crippen molar-refractivity contribution in [3.63, 3.8) is 0 Å². The second kappa shape index (κ2) is 10.5. The zero-order valence-electron chi connectivity index (χ0n) is 19.2. The van der Waals surface area contributed by atoms with Crippen molar-refractivity contribution >= 4 is 38.7 Å². The summed E-state index contributed by atoms with van der Waals surface area (Å²) in [6.45, 7) is 3.82. The third kappa shape index (κ3) is 5.19. The number of rotatable bonds is 7. The number of nitro groups is 1. The maximum atomic E-state index is 13.4. The van der Waals surface area contributed by atoms with E-state index >= 15 is 0 Å². The number of halogens is 1. The molecule has 1 heterocycles. The Morgan fingerprint density at radius 3 is 2.74 bits per heavy atom. The molecule has 1 aliphatic rings. The van der Waals surface area contributed by atoms with Crippen LogP contribution >= 0.6 is 15.9 Å². The van der Waals surface area contributed by atoms with Crippen molar-refractivity contribution in [2.24, 2.45) is 5.10 Å². The summed E-state index contributed by atoms with van der Waals surface area (Å²) < 4.78 is 7.84. The molecule has 0 N–H and O–H groups in total. The van der Waals surface area contributed by atoms with Crippen molar-refractivity contribution in [1.29, 1.82) is 0 Å². The first kappa shape index (κ1) is 24.1. The average Bonchev–Trinajstić information content (AvgIpc) is 2.84. The molecule has 9 heteroatoms. The van der Waals surface area contributed by atoms with Gasteiger partial charge in [0, 0.05) is 22.0 Å². The van der Waals surface area contributed by atoms with E-state index in [0.717, 1.165) is 36.6 Å². The molecule has 0 radical (unpaired) electrons. The molecule has 1 aromatic heterocycles. The van der Waals surface area contributed by atoms with Crippen LogP contribution in [-0.4, -0.2) is 26.9 Å². The van der Waals surface area contributed by atoms with Crippen molar-refractivity contribution in [3.8, 4) is 5.75 Å². The first-order valence-electron chi connectivity index (χ1n) is 11.6. The van der Waals surface area contributed by atoms with Crippen LogP contribution in [0.15, 0.2) is 50.8 Å². The molecule has 8 nitrogen and oxygen atoms in total. The maximum absolute atomic E-state index is 13.4. The standard InChI is InChI=1S/C25H27BrN4O4/c1-3-16(2)34-23-12-9-17(13-22(23)30(32)33)15-27-29-24(18-7-5-4-6-8-18)28-21-11-10-19(26)14-20(21)25(29)31/h9-16,18H,3-8H2,1-2H3/t16-/m1/s1. The summed E-state index contributed by atoms with van der Waals surface area (Å²) in [5.74, 6) is 1.00. The summed E-state index contributed by atoms with van der Waals surface area (Å²) in [5.41, 5.74) is 0.750. The predicted octanol–water partition coefficient (Wildman–Crippen LogP) is 6.17. The normalized spacial score (nSPS) is 15.6. The molecule has 0 amide bonds. The number of hydrogen-bond acceptors (Lipinski definition) is 6. The highest BCUT2D eigenvalue weighted by atomic mass is 79.9. The Kier molecular flexibility index (Phi) is 7.41. The molecule has 1 fully saturated rings. The van der Waals surface area contributed by atoms with E-state index in [4.69, 9.17) is 9.72 Å². The van der Waals surface area contributed by atoms with Gasteiger partial charge in [-0.1, -0.05) is 42.1 Å². The fourth-order valence-corrected chi connectivity index (χ4v) is 4.55. The number of benzene rings is 2. The summed E-state index contributed by atoms with van der Waals surface area (Å²) in [5, 5.41) is 16.6. The third-order valence-corrected chi connectivity index (χ3v) is 6.70. The van der Waals surface area contributed by atoms with E-state index in [1.165, 1.54) is 23.4 Å². The SMILES string of the molecule is CC[C@@H](C)Oc1ccc(C=Nn2c(C3CCCCC3)nc3ccc(Br)cc3c2=O)cc1[N+](=O)[O-]. The Morgan fingerprint density at radius 2 is 2.03 bits per heavy atom. The largest absolute Gasteiger partial charge is 0.484 e. The maximum Gasteiger partial charge on any atom is 0.311 e.